The molecular weight excluding hydrogens is 312 g/mol. The number of amides is 2. The summed E-state index contributed by atoms with van der Waals surface area (Å²) in [5, 5.41) is 7.95. The summed E-state index contributed by atoms with van der Waals surface area (Å²) in [5.74, 6) is -0.271. The van der Waals surface area contributed by atoms with Gasteiger partial charge in [-0.25, -0.2) is 0 Å². The molecule has 1 saturated heterocycles. The van der Waals surface area contributed by atoms with Gasteiger partial charge in [-0.2, -0.15) is 0 Å². The van der Waals surface area contributed by atoms with E-state index in [0.717, 1.165) is 6.54 Å². The molecule has 2 amide bonds. The van der Waals surface area contributed by atoms with Crippen LogP contribution in [-0.2, 0) is 0 Å². The van der Waals surface area contributed by atoms with Gasteiger partial charge in [-0.1, -0.05) is 0 Å². The van der Waals surface area contributed by atoms with E-state index in [0.29, 0.717) is 29.2 Å². The zero-order valence-electron chi connectivity index (χ0n) is 12.8. The fourth-order valence-corrected chi connectivity index (χ4v) is 3.35. The maximum Gasteiger partial charge on any atom is 0.266 e. The first-order valence-corrected chi connectivity index (χ1v) is 8.34. The third-order valence-corrected chi connectivity index (χ3v) is 4.61. The van der Waals surface area contributed by atoms with E-state index >= 15 is 0 Å². The summed E-state index contributed by atoms with van der Waals surface area (Å²) in [6.07, 6.45) is 3.13. The second kappa shape index (κ2) is 6.89. The predicted molar refractivity (Wildman–Crippen MR) is 89.9 cm³/mol. The van der Waals surface area contributed by atoms with Gasteiger partial charge in [0, 0.05) is 43.6 Å². The van der Waals surface area contributed by atoms with Gasteiger partial charge in [0.15, 0.2) is 0 Å². The van der Waals surface area contributed by atoms with Crippen LogP contribution in [0.4, 0.5) is 5.69 Å². The van der Waals surface area contributed by atoms with Crippen LogP contribution in [0.3, 0.4) is 0 Å². The number of carbonyl (C=O) groups excluding carboxylic acids is 2. The third-order valence-electron chi connectivity index (χ3n) is 3.71. The standard InChI is InChI=1S/C16H18N4O2S/c1-11-10-20(8-7-18-11)16(22)14-13(4-9-23-14)19-15(21)12-2-5-17-6-3-12/h2-6,9,11,18H,7-8,10H2,1H3,(H,19,21). The number of rotatable bonds is 3. The van der Waals surface area contributed by atoms with Crippen molar-refractivity contribution in [2.24, 2.45) is 0 Å². The van der Waals surface area contributed by atoms with Gasteiger partial charge in [-0.3, -0.25) is 14.6 Å². The Kier molecular flexibility index (Phi) is 4.68. The first-order chi connectivity index (χ1) is 11.1. The van der Waals surface area contributed by atoms with Crippen molar-refractivity contribution in [2.45, 2.75) is 13.0 Å². The van der Waals surface area contributed by atoms with Crippen molar-refractivity contribution < 1.29 is 9.59 Å². The lowest BCUT2D eigenvalue weighted by atomic mass is 10.2. The molecule has 3 heterocycles. The van der Waals surface area contributed by atoms with E-state index in [4.69, 9.17) is 0 Å². The number of pyridine rings is 1. The van der Waals surface area contributed by atoms with Gasteiger partial charge in [0.05, 0.1) is 5.69 Å². The minimum Gasteiger partial charge on any atom is -0.335 e. The van der Waals surface area contributed by atoms with Crippen LogP contribution in [0.1, 0.15) is 27.0 Å². The molecule has 2 aromatic heterocycles. The molecule has 3 rings (SSSR count). The molecule has 120 valence electrons. The summed E-state index contributed by atoms with van der Waals surface area (Å²) in [5.41, 5.74) is 1.08. The smallest absolute Gasteiger partial charge is 0.266 e. The monoisotopic (exact) mass is 330 g/mol. The molecule has 1 fully saturated rings. The fourth-order valence-electron chi connectivity index (χ4n) is 2.53. The average Bonchev–Trinajstić information content (AvgIpc) is 3.03. The van der Waals surface area contributed by atoms with Crippen molar-refractivity contribution in [1.82, 2.24) is 15.2 Å². The molecule has 0 saturated carbocycles. The van der Waals surface area contributed by atoms with Gasteiger partial charge < -0.3 is 15.5 Å². The van der Waals surface area contributed by atoms with Crippen LogP contribution in [0.5, 0.6) is 0 Å². The summed E-state index contributed by atoms with van der Waals surface area (Å²) < 4.78 is 0. The minimum atomic E-state index is -0.242. The maximum absolute atomic E-state index is 12.7. The van der Waals surface area contributed by atoms with Gasteiger partial charge in [0.2, 0.25) is 0 Å². The summed E-state index contributed by atoms with van der Waals surface area (Å²) in [6, 6.07) is 5.33. The Morgan fingerprint density at radius 3 is 2.87 bits per heavy atom. The number of aromatic nitrogens is 1. The molecular formula is C16H18N4O2S. The van der Waals surface area contributed by atoms with Crippen LogP contribution in [0.25, 0.3) is 0 Å². The molecule has 0 aliphatic carbocycles. The Morgan fingerprint density at radius 2 is 2.13 bits per heavy atom. The van der Waals surface area contributed by atoms with E-state index in [1.165, 1.54) is 11.3 Å². The van der Waals surface area contributed by atoms with Crippen molar-refractivity contribution in [3.63, 3.8) is 0 Å². The van der Waals surface area contributed by atoms with E-state index in [9.17, 15) is 9.59 Å². The van der Waals surface area contributed by atoms with Crippen molar-refractivity contribution in [3.8, 4) is 0 Å². The van der Waals surface area contributed by atoms with E-state index in [1.54, 1.807) is 30.6 Å². The number of hydrogen-bond donors (Lipinski definition) is 2. The van der Waals surface area contributed by atoms with Crippen molar-refractivity contribution >= 4 is 28.8 Å². The number of anilines is 1. The minimum absolute atomic E-state index is 0.0293. The second-order valence-electron chi connectivity index (χ2n) is 5.46. The normalized spacial score (nSPS) is 17.8. The summed E-state index contributed by atoms with van der Waals surface area (Å²) in [4.78, 5) is 31.2. The van der Waals surface area contributed by atoms with Crippen molar-refractivity contribution in [1.29, 1.82) is 0 Å². The van der Waals surface area contributed by atoms with Crippen LogP contribution in [0.2, 0.25) is 0 Å². The SMILES string of the molecule is CC1CN(C(=O)c2sccc2NC(=O)c2ccncc2)CCN1. The number of hydrogen-bond acceptors (Lipinski definition) is 5. The molecule has 2 aromatic rings. The molecule has 0 spiro atoms. The van der Waals surface area contributed by atoms with Crippen molar-refractivity contribution in [2.75, 3.05) is 25.0 Å². The Bertz CT molecular complexity index is 701. The van der Waals surface area contributed by atoms with E-state index in [-0.39, 0.29) is 17.9 Å². The van der Waals surface area contributed by atoms with Gasteiger partial charge in [0.25, 0.3) is 11.8 Å². The molecule has 0 radical (unpaired) electrons. The number of nitrogens with zero attached hydrogens (tertiary/aromatic N) is 2. The van der Waals surface area contributed by atoms with Gasteiger partial charge >= 0.3 is 0 Å². The Hall–Kier alpha value is -2.25. The molecule has 1 aliphatic rings. The van der Waals surface area contributed by atoms with E-state index in [2.05, 4.69) is 22.5 Å². The van der Waals surface area contributed by atoms with E-state index < -0.39 is 0 Å². The highest BCUT2D eigenvalue weighted by Gasteiger charge is 2.25. The lowest BCUT2D eigenvalue weighted by Gasteiger charge is -2.31. The average molecular weight is 330 g/mol. The van der Waals surface area contributed by atoms with Crippen molar-refractivity contribution in [3.05, 3.63) is 46.4 Å². The number of thiophene rings is 1. The molecule has 7 heteroatoms. The summed E-state index contributed by atoms with van der Waals surface area (Å²) >= 11 is 1.35. The summed E-state index contributed by atoms with van der Waals surface area (Å²) in [6.45, 7) is 4.20. The molecule has 6 nitrogen and oxygen atoms in total. The second-order valence-corrected chi connectivity index (χ2v) is 6.38. The molecule has 0 bridgehead atoms. The largest absolute Gasteiger partial charge is 0.335 e. The molecule has 0 aromatic carbocycles. The zero-order valence-corrected chi connectivity index (χ0v) is 13.6. The Labute approximate surface area is 138 Å². The Morgan fingerprint density at radius 1 is 1.35 bits per heavy atom. The highest BCUT2D eigenvalue weighted by molar-refractivity contribution is 7.12. The molecule has 23 heavy (non-hydrogen) atoms. The maximum atomic E-state index is 12.7. The third kappa shape index (κ3) is 3.57. The number of carbonyl (C=O) groups is 2. The Balaban J connectivity index is 1.74. The van der Waals surface area contributed by atoms with Crippen LogP contribution < -0.4 is 10.6 Å². The first kappa shape index (κ1) is 15.6. The topological polar surface area (TPSA) is 74.3 Å². The van der Waals surface area contributed by atoms with Crippen LogP contribution >= 0.6 is 11.3 Å². The molecule has 1 unspecified atom stereocenters. The van der Waals surface area contributed by atoms with Crippen LogP contribution in [0, 0.1) is 0 Å². The molecule has 1 atom stereocenters. The van der Waals surface area contributed by atoms with Gasteiger partial charge in [-0.05, 0) is 30.5 Å². The first-order valence-electron chi connectivity index (χ1n) is 7.46. The fraction of sp³-hybridized carbons (Fsp3) is 0.312. The lowest BCUT2D eigenvalue weighted by molar-refractivity contribution is 0.0715. The zero-order chi connectivity index (χ0) is 16.2. The van der Waals surface area contributed by atoms with Gasteiger partial charge in [0.1, 0.15) is 4.88 Å². The van der Waals surface area contributed by atoms with Crippen LogP contribution in [0.15, 0.2) is 36.0 Å². The lowest BCUT2D eigenvalue weighted by Crippen LogP contribution is -2.51. The highest BCUT2D eigenvalue weighted by atomic mass is 32.1. The quantitative estimate of drug-likeness (QED) is 0.900. The van der Waals surface area contributed by atoms with E-state index in [1.807, 2.05) is 10.3 Å². The highest BCUT2D eigenvalue weighted by Crippen LogP contribution is 2.25. The number of nitrogens with one attached hydrogen (secondary N) is 2. The predicted octanol–water partition coefficient (Wildman–Crippen LogP) is 1.83. The van der Waals surface area contributed by atoms with Gasteiger partial charge in [-0.15, -0.1) is 11.3 Å². The van der Waals surface area contributed by atoms with Crippen LogP contribution in [-0.4, -0.2) is 47.4 Å². The molecule has 1 aliphatic heterocycles. The summed E-state index contributed by atoms with van der Waals surface area (Å²) in [7, 11) is 0. The molecule has 2 N–H and O–H groups in total. The number of piperazine rings is 1.